The second kappa shape index (κ2) is 5.95. The Bertz CT molecular complexity index is 773. The highest BCUT2D eigenvalue weighted by atomic mass is 19.4. The van der Waals surface area contributed by atoms with Gasteiger partial charge in [-0.25, -0.2) is 4.79 Å². The Kier molecular flexibility index (Phi) is 4.21. The van der Waals surface area contributed by atoms with Gasteiger partial charge in [0.15, 0.2) is 0 Å². The van der Waals surface area contributed by atoms with Gasteiger partial charge in [-0.3, -0.25) is 10.1 Å². The topological polar surface area (TPSA) is 89.7 Å². The maximum absolute atomic E-state index is 12.6. The molecule has 0 aliphatic rings. The molecule has 0 radical (unpaired) electrons. The van der Waals surface area contributed by atoms with E-state index >= 15 is 0 Å². The number of carbonyl (C=O) groups is 1. The van der Waals surface area contributed by atoms with Crippen LogP contribution < -0.4 is 4.74 Å². The van der Waals surface area contributed by atoms with Gasteiger partial charge in [-0.1, -0.05) is 12.1 Å². The van der Waals surface area contributed by atoms with Crippen molar-refractivity contribution in [3.63, 3.8) is 0 Å². The van der Waals surface area contributed by atoms with Gasteiger partial charge in [0.1, 0.15) is 11.3 Å². The van der Waals surface area contributed by atoms with E-state index in [0.29, 0.717) is 12.1 Å². The van der Waals surface area contributed by atoms with Gasteiger partial charge >= 0.3 is 17.8 Å². The normalized spacial score (nSPS) is 11.1. The number of halogens is 3. The summed E-state index contributed by atoms with van der Waals surface area (Å²) in [6.07, 6.45) is -4.75. The van der Waals surface area contributed by atoms with Crippen molar-refractivity contribution in [3.8, 4) is 11.5 Å². The minimum Gasteiger partial charge on any atom is -0.478 e. The van der Waals surface area contributed by atoms with Crippen LogP contribution in [0.1, 0.15) is 15.9 Å². The van der Waals surface area contributed by atoms with Gasteiger partial charge in [0, 0.05) is 6.07 Å². The summed E-state index contributed by atoms with van der Waals surface area (Å²) in [5, 5.41) is 20.0. The van der Waals surface area contributed by atoms with Gasteiger partial charge in [0.05, 0.1) is 10.5 Å². The lowest BCUT2D eigenvalue weighted by molar-refractivity contribution is -0.385. The number of benzene rings is 2. The largest absolute Gasteiger partial charge is 0.478 e. The van der Waals surface area contributed by atoms with Gasteiger partial charge in [-0.05, 0) is 24.3 Å². The Morgan fingerprint density at radius 3 is 2.35 bits per heavy atom. The summed E-state index contributed by atoms with van der Waals surface area (Å²) in [6, 6.07) is 7.01. The van der Waals surface area contributed by atoms with E-state index in [2.05, 4.69) is 0 Å². The lowest BCUT2D eigenvalue weighted by atomic mass is 10.1. The molecule has 1 N–H and O–H groups in total. The van der Waals surface area contributed by atoms with Crippen molar-refractivity contribution in [2.45, 2.75) is 6.18 Å². The standard InChI is InChI=1S/C14H8F3NO5/c15-14(16,17)8-5-6-12(10(7-8)18(21)22)23-11-4-2-1-3-9(11)13(19)20/h1-7H,(H,19,20). The molecule has 0 spiro atoms. The molecule has 0 unspecified atom stereocenters. The van der Waals surface area contributed by atoms with Crippen molar-refractivity contribution >= 4 is 11.7 Å². The van der Waals surface area contributed by atoms with Crippen LogP contribution in [0.15, 0.2) is 42.5 Å². The number of ether oxygens (including phenoxy) is 1. The zero-order valence-electron chi connectivity index (χ0n) is 11.2. The molecular formula is C14H8F3NO5. The number of hydrogen-bond acceptors (Lipinski definition) is 4. The molecule has 0 aliphatic heterocycles. The van der Waals surface area contributed by atoms with Crippen molar-refractivity contribution in [1.29, 1.82) is 0 Å². The number of nitrogens with zero attached hydrogens (tertiary/aromatic N) is 1. The smallest absolute Gasteiger partial charge is 0.416 e. The quantitative estimate of drug-likeness (QED) is 0.674. The van der Waals surface area contributed by atoms with Gasteiger partial charge in [0.25, 0.3) is 0 Å². The lowest BCUT2D eigenvalue weighted by Gasteiger charge is -2.11. The molecule has 6 nitrogen and oxygen atoms in total. The number of nitro groups is 1. The van der Waals surface area contributed by atoms with Crippen LogP contribution >= 0.6 is 0 Å². The number of nitro benzene ring substituents is 1. The van der Waals surface area contributed by atoms with Crippen LogP contribution in [0.4, 0.5) is 18.9 Å². The second-order valence-electron chi connectivity index (χ2n) is 4.34. The Labute approximate surface area is 126 Å². The summed E-state index contributed by atoms with van der Waals surface area (Å²) in [5.41, 5.74) is -2.40. The monoisotopic (exact) mass is 327 g/mol. The molecule has 0 amide bonds. The molecule has 2 aromatic rings. The first-order valence-corrected chi connectivity index (χ1v) is 6.06. The van der Waals surface area contributed by atoms with Crippen molar-refractivity contribution in [2.75, 3.05) is 0 Å². The zero-order valence-corrected chi connectivity index (χ0v) is 11.2. The summed E-state index contributed by atoms with van der Waals surface area (Å²) < 4.78 is 43.0. The first kappa shape index (κ1) is 16.3. The SMILES string of the molecule is O=C(O)c1ccccc1Oc1ccc(C(F)(F)F)cc1[N+](=O)[O-]. The summed E-state index contributed by atoms with van der Waals surface area (Å²) >= 11 is 0. The number of para-hydroxylation sites is 1. The van der Waals surface area contributed by atoms with Crippen LogP contribution in [0.3, 0.4) is 0 Å². The summed E-state index contributed by atoms with van der Waals surface area (Å²) in [7, 11) is 0. The van der Waals surface area contributed by atoms with Crippen molar-refractivity contribution in [1.82, 2.24) is 0 Å². The molecule has 9 heteroatoms. The second-order valence-corrected chi connectivity index (χ2v) is 4.34. The third-order valence-electron chi connectivity index (χ3n) is 2.82. The predicted molar refractivity (Wildman–Crippen MR) is 71.6 cm³/mol. The number of aromatic carboxylic acids is 1. The predicted octanol–water partition coefficient (Wildman–Crippen LogP) is 4.10. The van der Waals surface area contributed by atoms with Crippen LogP contribution in [0.2, 0.25) is 0 Å². The fraction of sp³-hybridized carbons (Fsp3) is 0.0714. The van der Waals surface area contributed by atoms with Gasteiger partial charge in [-0.2, -0.15) is 13.2 Å². The van der Waals surface area contributed by atoms with E-state index in [1.54, 1.807) is 0 Å². The molecule has 23 heavy (non-hydrogen) atoms. The third-order valence-corrected chi connectivity index (χ3v) is 2.82. The van der Waals surface area contributed by atoms with Crippen LogP contribution in [0.5, 0.6) is 11.5 Å². The Balaban J connectivity index is 2.49. The zero-order chi connectivity index (χ0) is 17.2. The molecule has 0 bridgehead atoms. The van der Waals surface area contributed by atoms with Crippen molar-refractivity contribution < 1.29 is 32.7 Å². The van der Waals surface area contributed by atoms with Gasteiger partial charge in [0.2, 0.25) is 5.75 Å². The molecule has 120 valence electrons. The number of alkyl halides is 3. The number of rotatable bonds is 4. The van der Waals surface area contributed by atoms with Gasteiger partial charge in [-0.15, -0.1) is 0 Å². The summed E-state index contributed by atoms with van der Waals surface area (Å²) in [6.45, 7) is 0. The first-order chi connectivity index (χ1) is 10.7. The molecule has 0 aromatic heterocycles. The lowest BCUT2D eigenvalue weighted by Crippen LogP contribution is -2.06. The van der Waals surface area contributed by atoms with Crippen LogP contribution in [0.25, 0.3) is 0 Å². The molecule has 0 heterocycles. The fourth-order valence-electron chi connectivity index (χ4n) is 1.77. The van der Waals surface area contributed by atoms with Crippen LogP contribution in [-0.4, -0.2) is 16.0 Å². The molecule has 2 rings (SSSR count). The van der Waals surface area contributed by atoms with E-state index in [9.17, 15) is 28.1 Å². The molecule has 0 aliphatic carbocycles. The molecule has 2 aromatic carbocycles. The molecule has 0 fully saturated rings. The highest BCUT2D eigenvalue weighted by Gasteiger charge is 2.33. The highest BCUT2D eigenvalue weighted by Crippen LogP contribution is 2.38. The average molecular weight is 327 g/mol. The maximum Gasteiger partial charge on any atom is 0.416 e. The molecule has 0 saturated carbocycles. The highest BCUT2D eigenvalue weighted by molar-refractivity contribution is 5.91. The average Bonchev–Trinajstić information content (AvgIpc) is 2.46. The minimum atomic E-state index is -4.75. The maximum atomic E-state index is 12.6. The van der Waals surface area contributed by atoms with Crippen molar-refractivity contribution in [3.05, 3.63) is 63.7 Å². The summed E-state index contributed by atoms with van der Waals surface area (Å²) in [5.74, 6) is -2.05. The minimum absolute atomic E-state index is 0.220. The van der Waals surface area contributed by atoms with E-state index in [4.69, 9.17) is 9.84 Å². The van der Waals surface area contributed by atoms with Crippen LogP contribution in [0, 0.1) is 10.1 Å². The number of carboxylic acid groups (broad SMARTS) is 1. The Hall–Kier alpha value is -3.10. The molecule has 0 atom stereocenters. The fourth-order valence-corrected chi connectivity index (χ4v) is 1.77. The van der Waals surface area contributed by atoms with E-state index < -0.39 is 34.1 Å². The van der Waals surface area contributed by atoms with E-state index in [0.717, 1.165) is 6.07 Å². The third kappa shape index (κ3) is 3.57. The van der Waals surface area contributed by atoms with E-state index in [1.807, 2.05) is 0 Å². The molecule has 0 saturated heterocycles. The Morgan fingerprint density at radius 1 is 1.13 bits per heavy atom. The van der Waals surface area contributed by atoms with Gasteiger partial charge < -0.3 is 9.84 Å². The van der Waals surface area contributed by atoms with Crippen molar-refractivity contribution in [2.24, 2.45) is 0 Å². The van der Waals surface area contributed by atoms with E-state index in [1.165, 1.54) is 24.3 Å². The van der Waals surface area contributed by atoms with E-state index in [-0.39, 0.29) is 11.3 Å². The first-order valence-electron chi connectivity index (χ1n) is 6.06. The molecular weight excluding hydrogens is 319 g/mol. The Morgan fingerprint density at radius 2 is 1.78 bits per heavy atom. The summed E-state index contributed by atoms with van der Waals surface area (Å²) in [4.78, 5) is 21.0. The number of hydrogen-bond donors (Lipinski definition) is 1. The van der Waals surface area contributed by atoms with Crippen LogP contribution in [-0.2, 0) is 6.18 Å². The number of carboxylic acids is 1.